The van der Waals surface area contributed by atoms with Gasteiger partial charge in [-0.2, -0.15) is 0 Å². The van der Waals surface area contributed by atoms with Gasteiger partial charge >= 0.3 is 0 Å². The lowest BCUT2D eigenvalue weighted by molar-refractivity contribution is 0.0942. The van der Waals surface area contributed by atoms with E-state index >= 15 is 0 Å². The number of benzene rings is 1. The minimum atomic E-state index is -0.163. The number of nitrogens with one attached hydrogen (secondary N) is 2. The largest absolute Gasteiger partial charge is 0.347 e. The van der Waals surface area contributed by atoms with Crippen molar-refractivity contribution in [2.75, 3.05) is 6.54 Å². The summed E-state index contributed by atoms with van der Waals surface area (Å²) in [6.07, 6.45) is 4.25. The van der Waals surface area contributed by atoms with Crippen LogP contribution in [0, 0.1) is 0 Å². The molecule has 1 atom stereocenters. The van der Waals surface area contributed by atoms with Gasteiger partial charge in [0.15, 0.2) is 0 Å². The number of nitrogens with zero attached hydrogens (tertiary/aromatic N) is 1. The normalized spacial score (nSPS) is 12.2. The van der Waals surface area contributed by atoms with Crippen molar-refractivity contribution in [2.24, 2.45) is 5.73 Å². The van der Waals surface area contributed by atoms with E-state index in [-0.39, 0.29) is 11.9 Å². The second-order valence-electron chi connectivity index (χ2n) is 6.48. The molecule has 1 unspecified atom stereocenters. The third kappa shape index (κ3) is 3.80. The number of nitrogens with two attached hydrogens (primary N) is 1. The summed E-state index contributed by atoms with van der Waals surface area (Å²) in [4.78, 5) is 21.6. The number of thiophene rings is 1. The van der Waals surface area contributed by atoms with Crippen molar-refractivity contribution in [2.45, 2.75) is 12.5 Å². The van der Waals surface area contributed by atoms with Crippen molar-refractivity contribution in [1.82, 2.24) is 15.3 Å². The zero-order valence-electron chi connectivity index (χ0n) is 15.0. The van der Waals surface area contributed by atoms with E-state index in [1.807, 2.05) is 48.7 Å². The molecule has 0 fully saturated rings. The molecule has 3 heterocycles. The first-order valence-corrected chi connectivity index (χ1v) is 10.1. The lowest BCUT2D eigenvalue weighted by Crippen LogP contribution is -2.41. The van der Waals surface area contributed by atoms with E-state index in [0.29, 0.717) is 22.9 Å². The summed E-state index contributed by atoms with van der Waals surface area (Å²) in [5.74, 6) is -0.163. The van der Waals surface area contributed by atoms with Gasteiger partial charge in [0.25, 0.3) is 5.91 Å². The van der Waals surface area contributed by atoms with Gasteiger partial charge in [-0.3, -0.25) is 4.79 Å². The molecule has 142 valence electrons. The number of pyridine rings is 1. The van der Waals surface area contributed by atoms with Crippen molar-refractivity contribution in [1.29, 1.82) is 0 Å². The fourth-order valence-corrected chi connectivity index (χ4v) is 4.56. The molecule has 0 aliphatic rings. The zero-order chi connectivity index (χ0) is 19.5. The van der Waals surface area contributed by atoms with Crippen molar-refractivity contribution < 1.29 is 4.79 Å². The Balaban J connectivity index is 1.56. The molecule has 0 saturated heterocycles. The number of fused-ring (bicyclic) bond motifs is 1. The lowest BCUT2D eigenvalue weighted by atomic mass is 10.1. The molecule has 0 bridgehead atoms. The Morgan fingerprint density at radius 3 is 2.86 bits per heavy atom. The van der Waals surface area contributed by atoms with E-state index in [2.05, 4.69) is 15.3 Å². The molecule has 4 aromatic rings. The summed E-state index contributed by atoms with van der Waals surface area (Å²) >= 11 is 7.84. The van der Waals surface area contributed by atoms with Crippen LogP contribution in [0.15, 0.2) is 60.9 Å². The van der Waals surface area contributed by atoms with Crippen LogP contribution in [0.5, 0.6) is 0 Å². The predicted molar refractivity (Wildman–Crippen MR) is 115 cm³/mol. The molecule has 4 N–H and O–H groups in total. The quantitative estimate of drug-likeness (QED) is 0.444. The summed E-state index contributed by atoms with van der Waals surface area (Å²) in [5, 5.41) is 4.55. The fraction of sp³-hybridized carbons (Fsp3) is 0.143. The molecular weight excluding hydrogens is 392 g/mol. The number of rotatable bonds is 6. The molecule has 0 saturated carbocycles. The Hall–Kier alpha value is -2.67. The van der Waals surface area contributed by atoms with Crippen LogP contribution in [0.4, 0.5) is 0 Å². The number of amides is 1. The molecule has 7 heteroatoms. The minimum absolute atomic E-state index is 0.142. The molecule has 5 nitrogen and oxygen atoms in total. The Bertz CT molecular complexity index is 1110. The van der Waals surface area contributed by atoms with Crippen LogP contribution in [0.25, 0.3) is 21.5 Å². The Labute approximate surface area is 171 Å². The van der Waals surface area contributed by atoms with E-state index < -0.39 is 0 Å². The van der Waals surface area contributed by atoms with Gasteiger partial charge in [-0.15, -0.1) is 11.3 Å². The summed E-state index contributed by atoms with van der Waals surface area (Å²) in [6.45, 7) is 0.362. The minimum Gasteiger partial charge on any atom is -0.347 e. The second-order valence-corrected chi connectivity index (χ2v) is 7.94. The van der Waals surface area contributed by atoms with Crippen LogP contribution in [0.1, 0.15) is 15.2 Å². The second kappa shape index (κ2) is 8.14. The standard InChI is InChI=1S/C21H19ClN4OS/c22-17-11-18(21(27)26-14(12-23)10-13-4-2-1-3-5-13)28-19(17)15-6-8-24-20-16(15)7-9-25-20/h1-9,11,14H,10,12,23H2,(H,24,25)(H,26,27). The van der Waals surface area contributed by atoms with Crippen LogP contribution >= 0.6 is 22.9 Å². The number of carbonyl (C=O) groups excluding carboxylic acids is 1. The van der Waals surface area contributed by atoms with Gasteiger partial charge in [0.1, 0.15) is 5.65 Å². The first-order valence-electron chi connectivity index (χ1n) is 8.92. The third-order valence-corrected chi connectivity index (χ3v) is 6.14. The van der Waals surface area contributed by atoms with Crippen LogP contribution < -0.4 is 11.1 Å². The third-order valence-electron chi connectivity index (χ3n) is 4.56. The number of carbonyl (C=O) groups is 1. The highest BCUT2D eigenvalue weighted by Gasteiger charge is 2.19. The van der Waals surface area contributed by atoms with Crippen LogP contribution in [-0.2, 0) is 6.42 Å². The van der Waals surface area contributed by atoms with Gasteiger partial charge in [0.05, 0.1) is 14.8 Å². The summed E-state index contributed by atoms with van der Waals surface area (Å²) in [5.41, 5.74) is 8.76. The number of halogens is 1. The number of H-pyrrole nitrogens is 1. The van der Waals surface area contributed by atoms with Crippen LogP contribution in [0.3, 0.4) is 0 Å². The molecule has 0 aliphatic carbocycles. The zero-order valence-corrected chi connectivity index (χ0v) is 16.6. The maximum Gasteiger partial charge on any atom is 0.261 e. The molecule has 0 radical (unpaired) electrons. The summed E-state index contributed by atoms with van der Waals surface area (Å²) in [6, 6.07) is 15.4. The first kappa shape index (κ1) is 18.7. The Morgan fingerprint density at radius 2 is 2.07 bits per heavy atom. The first-order chi connectivity index (χ1) is 13.7. The monoisotopic (exact) mass is 410 g/mol. The van der Waals surface area contributed by atoms with Crippen molar-refractivity contribution >= 4 is 39.9 Å². The highest BCUT2D eigenvalue weighted by Crippen LogP contribution is 2.39. The van der Waals surface area contributed by atoms with Gasteiger partial charge in [-0.05, 0) is 30.2 Å². The molecular formula is C21H19ClN4OS. The smallest absolute Gasteiger partial charge is 0.261 e. The van der Waals surface area contributed by atoms with E-state index in [0.717, 1.165) is 27.0 Å². The van der Waals surface area contributed by atoms with Crippen LogP contribution in [-0.4, -0.2) is 28.5 Å². The number of hydrogen-bond donors (Lipinski definition) is 3. The molecule has 0 aliphatic heterocycles. The average molecular weight is 411 g/mol. The summed E-state index contributed by atoms with van der Waals surface area (Å²) < 4.78 is 0. The highest BCUT2D eigenvalue weighted by molar-refractivity contribution is 7.18. The van der Waals surface area contributed by atoms with E-state index in [4.69, 9.17) is 17.3 Å². The number of aromatic nitrogens is 2. The fourth-order valence-electron chi connectivity index (χ4n) is 3.17. The molecule has 1 aromatic carbocycles. The van der Waals surface area contributed by atoms with Gasteiger partial charge in [-0.1, -0.05) is 41.9 Å². The maximum absolute atomic E-state index is 12.8. The van der Waals surface area contributed by atoms with Gasteiger partial charge in [0, 0.05) is 35.9 Å². The predicted octanol–water partition coefficient (Wildman–Crippen LogP) is 4.24. The van der Waals surface area contributed by atoms with Crippen molar-refractivity contribution in [3.63, 3.8) is 0 Å². The SMILES string of the molecule is NCC(Cc1ccccc1)NC(=O)c1cc(Cl)c(-c2ccnc3[nH]ccc23)s1. The van der Waals surface area contributed by atoms with Gasteiger partial charge < -0.3 is 16.0 Å². The number of hydrogen-bond acceptors (Lipinski definition) is 4. The molecule has 0 spiro atoms. The average Bonchev–Trinajstić information content (AvgIpc) is 3.34. The van der Waals surface area contributed by atoms with Crippen molar-refractivity contribution in [3.8, 4) is 10.4 Å². The van der Waals surface area contributed by atoms with E-state index in [9.17, 15) is 4.79 Å². The van der Waals surface area contributed by atoms with Gasteiger partial charge in [-0.25, -0.2) is 4.98 Å². The molecule has 1 amide bonds. The van der Waals surface area contributed by atoms with E-state index in [1.54, 1.807) is 12.3 Å². The van der Waals surface area contributed by atoms with Gasteiger partial charge in [0.2, 0.25) is 0 Å². The molecule has 4 rings (SSSR count). The lowest BCUT2D eigenvalue weighted by Gasteiger charge is -2.16. The maximum atomic E-state index is 12.8. The summed E-state index contributed by atoms with van der Waals surface area (Å²) in [7, 11) is 0. The highest BCUT2D eigenvalue weighted by atomic mass is 35.5. The topological polar surface area (TPSA) is 83.8 Å². The molecule has 28 heavy (non-hydrogen) atoms. The Morgan fingerprint density at radius 1 is 1.25 bits per heavy atom. The van der Waals surface area contributed by atoms with E-state index in [1.165, 1.54) is 11.3 Å². The number of aromatic amines is 1. The molecule has 3 aromatic heterocycles. The van der Waals surface area contributed by atoms with Crippen molar-refractivity contribution in [3.05, 3.63) is 76.4 Å². The Kier molecular flexibility index (Phi) is 5.43. The van der Waals surface area contributed by atoms with Crippen LogP contribution in [0.2, 0.25) is 5.02 Å².